The van der Waals surface area contributed by atoms with Crippen LogP contribution in [-0.2, 0) is 14.3 Å². The van der Waals surface area contributed by atoms with Gasteiger partial charge in [-0.3, -0.25) is 9.59 Å². The molecule has 0 spiro atoms. The summed E-state index contributed by atoms with van der Waals surface area (Å²) in [7, 11) is 0. The maximum Gasteiger partial charge on any atom is 0.319 e. The minimum atomic E-state index is -1.05. The second-order valence-electron chi connectivity index (χ2n) is 6.29. The van der Waals surface area contributed by atoms with Crippen LogP contribution >= 0.6 is 11.6 Å². The van der Waals surface area contributed by atoms with E-state index in [1.807, 2.05) is 0 Å². The number of carbonyl (C=O) groups excluding carboxylic acids is 2. The Balaban J connectivity index is 2.75. The van der Waals surface area contributed by atoms with Gasteiger partial charge < -0.3 is 10.5 Å². The number of carbonyl (C=O) groups is 2. The lowest BCUT2D eigenvalue weighted by molar-refractivity contribution is -0.162. The molecule has 1 fully saturated rings. The van der Waals surface area contributed by atoms with Gasteiger partial charge in [-0.05, 0) is 51.1 Å². The van der Waals surface area contributed by atoms with Gasteiger partial charge in [-0.2, -0.15) is 0 Å². The molecule has 2 N–H and O–H groups in total. The zero-order valence-corrected chi connectivity index (χ0v) is 12.7. The van der Waals surface area contributed by atoms with Crippen molar-refractivity contribution in [3.8, 4) is 0 Å². The van der Waals surface area contributed by atoms with E-state index in [1.165, 1.54) is 6.42 Å². The van der Waals surface area contributed by atoms with E-state index >= 15 is 0 Å². The number of hydrogen-bond donors (Lipinski definition) is 1. The Morgan fingerprint density at radius 1 is 1.21 bits per heavy atom. The maximum atomic E-state index is 12.1. The number of halogens is 1. The lowest BCUT2D eigenvalue weighted by atomic mass is 9.79. The Hall–Kier alpha value is -0.610. The Morgan fingerprint density at radius 3 is 2.16 bits per heavy atom. The largest absolute Gasteiger partial charge is 0.459 e. The van der Waals surface area contributed by atoms with Crippen LogP contribution in [0.1, 0.15) is 52.9 Å². The van der Waals surface area contributed by atoms with E-state index in [9.17, 15) is 9.59 Å². The first-order valence-electron chi connectivity index (χ1n) is 6.90. The zero-order chi connectivity index (χ0) is 14.6. The van der Waals surface area contributed by atoms with Crippen molar-refractivity contribution in [2.45, 2.75) is 64.5 Å². The van der Waals surface area contributed by atoms with Gasteiger partial charge in [0, 0.05) is 6.04 Å². The first-order chi connectivity index (χ1) is 8.72. The van der Waals surface area contributed by atoms with Crippen LogP contribution in [0.15, 0.2) is 0 Å². The van der Waals surface area contributed by atoms with Gasteiger partial charge in [0.15, 0.2) is 0 Å². The lowest BCUT2D eigenvalue weighted by Crippen LogP contribution is -2.47. The Morgan fingerprint density at radius 2 is 1.74 bits per heavy atom. The number of esters is 1. The molecule has 0 amide bonds. The highest BCUT2D eigenvalue weighted by atomic mass is 35.5. The molecule has 0 radical (unpaired) electrons. The molecule has 0 aromatic carbocycles. The standard InChI is InChI=1S/C14H24ClNO3/c1-14(2,3)19-13(18)10(12(15)17)11(16)9-7-5-4-6-8-9/h9-11H,4-8,16H2,1-3H3. The van der Waals surface area contributed by atoms with Crippen LogP contribution < -0.4 is 5.73 Å². The van der Waals surface area contributed by atoms with Crippen LogP contribution in [0.25, 0.3) is 0 Å². The predicted octanol–water partition coefficient (Wildman–Crippen LogP) is 2.62. The van der Waals surface area contributed by atoms with Gasteiger partial charge in [-0.15, -0.1) is 0 Å². The fraction of sp³-hybridized carbons (Fsp3) is 0.857. The summed E-state index contributed by atoms with van der Waals surface area (Å²) < 4.78 is 5.25. The Bertz CT molecular complexity index is 332. The zero-order valence-electron chi connectivity index (χ0n) is 11.9. The highest BCUT2D eigenvalue weighted by Crippen LogP contribution is 2.30. The molecule has 1 rings (SSSR count). The molecule has 1 aliphatic rings. The van der Waals surface area contributed by atoms with Crippen LogP contribution in [0.5, 0.6) is 0 Å². The molecular weight excluding hydrogens is 266 g/mol. The van der Waals surface area contributed by atoms with E-state index in [0.29, 0.717) is 0 Å². The van der Waals surface area contributed by atoms with E-state index in [-0.39, 0.29) is 5.92 Å². The molecule has 1 saturated carbocycles. The first-order valence-corrected chi connectivity index (χ1v) is 7.28. The van der Waals surface area contributed by atoms with Crippen molar-refractivity contribution in [2.24, 2.45) is 17.6 Å². The summed E-state index contributed by atoms with van der Waals surface area (Å²) in [6.45, 7) is 5.27. The molecule has 2 unspecified atom stereocenters. The smallest absolute Gasteiger partial charge is 0.319 e. The Kier molecular flexibility index (Phi) is 5.81. The summed E-state index contributed by atoms with van der Waals surface area (Å²) in [6.07, 6.45) is 5.27. The van der Waals surface area contributed by atoms with Crippen molar-refractivity contribution >= 4 is 22.8 Å². The van der Waals surface area contributed by atoms with Gasteiger partial charge in [0.25, 0.3) is 0 Å². The van der Waals surface area contributed by atoms with Crippen LogP contribution in [0.3, 0.4) is 0 Å². The molecule has 0 heterocycles. The summed E-state index contributed by atoms with van der Waals surface area (Å²) in [5.74, 6) is -1.48. The lowest BCUT2D eigenvalue weighted by Gasteiger charge is -2.32. The number of ether oxygens (including phenoxy) is 1. The molecule has 5 heteroatoms. The van der Waals surface area contributed by atoms with Crippen LogP contribution in [-0.4, -0.2) is 22.9 Å². The minimum Gasteiger partial charge on any atom is -0.459 e. The van der Waals surface area contributed by atoms with Gasteiger partial charge in [0.1, 0.15) is 11.5 Å². The van der Waals surface area contributed by atoms with Crippen molar-refractivity contribution in [3.05, 3.63) is 0 Å². The molecule has 2 atom stereocenters. The van der Waals surface area contributed by atoms with E-state index in [2.05, 4.69) is 0 Å². The van der Waals surface area contributed by atoms with Gasteiger partial charge in [0.05, 0.1) is 0 Å². The molecule has 0 aromatic heterocycles. The number of nitrogens with two attached hydrogens (primary N) is 1. The second kappa shape index (κ2) is 6.71. The average molecular weight is 290 g/mol. The predicted molar refractivity (Wildman–Crippen MR) is 74.7 cm³/mol. The molecule has 110 valence electrons. The van der Waals surface area contributed by atoms with Crippen LogP contribution in [0.2, 0.25) is 0 Å². The fourth-order valence-corrected chi connectivity index (χ4v) is 2.79. The first kappa shape index (κ1) is 16.4. The van der Waals surface area contributed by atoms with Crippen molar-refractivity contribution in [1.82, 2.24) is 0 Å². The minimum absolute atomic E-state index is 0.175. The number of rotatable bonds is 4. The van der Waals surface area contributed by atoms with E-state index in [0.717, 1.165) is 25.7 Å². The van der Waals surface area contributed by atoms with Crippen molar-refractivity contribution in [1.29, 1.82) is 0 Å². The molecule has 0 aliphatic heterocycles. The molecule has 0 bridgehead atoms. The van der Waals surface area contributed by atoms with Gasteiger partial charge in [0.2, 0.25) is 5.24 Å². The highest BCUT2D eigenvalue weighted by Gasteiger charge is 2.39. The molecule has 4 nitrogen and oxygen atoms in total. The van der Waals surface area contributed by atoms with Gasteiger partial charge >= 0.3 is 5.97 Å². The summed E-state index contributed by atoms with van der Waals surface area (Å²) in [5, 5.41) is -0.715. The maximum absolute atomic E-state index is 12.1. The van der Waals surface area contributed by atoms with Crippen molar-refractivity contribution < 1.29 is 14.3 Å². The molecule has 0 aromatic rings. The van der Waals surface area contributed by atoms with E-state index in [1.54, 1.807) is 20.8 Å². The van der Waals surface area contributed by atoms with Crippen molar-refractivity contribution in [2.75, 3.05) is 0 Å². The SMILES string of the molecule is CC(C)(C)OC(=O)C(C(=O)Cl)C(N)C1CCCCC1. The third-order valence-corrected chi connectivity index (χ3v) is 3.72. The molecule has 1 aliphatic carbocycles. The topological polar surface area (TPSA) is 69.4 Å². The fourth-order valence-electron chi connectivity index (χ4n) is 2.56. The van der Waals surface area contributed by atoms with Crippen molar-refractivity contribution in [3.63, 3.8) is 0 Å². The van der Waals surface area contributed by atoms with Gasteiger partial charge in [-0.1, -0.05) is 19.3 Å². The molecular formula is C14H24ClNO3. The summed E-state index contributed by atoms with van der Waals surface area (Å²) in [6, 6.07) is -0.542. The van der Waals surface area contributed by atoms with Crippen LogP contribution in [0.4, 0.5) is 0 Å². The normalized spacial score (nSPS) is 20.7. The van der Waals surface area contributed by atoms with E-state index in [4.69, 9.17) is 22.1 Å². The highest BCUT2D eigenvalue weighted by molar-refractivity contribution is 6.65. The summed E-state index contributed by atoms with van der Waals surface area (Å²) in [5.41, 5.74) is 5.46. The Labute approximate surface area is 120 Å². The molecule has 0 saturated heterocycles. The summed E-state index contributed by atoms with van der Waals surface area (Å²) in [4.78, 5) is 23.6. The number of hydrogen-bond acceptors (Lipinski definition) is 4. The third kappa shape index (κ3) is 5.11. The quantitative estimate of drug-likeness (QED) is 0.491. The van der Waals surface area contributed by atoms with Crippen LogP contribution in [0, 0.1) is 11.8 Å². The van der Waals surface area contributed by atoms with E-state index < -0.39 is 28.8 Å². The molecule has 19 heavy (non-hydrogen) atoms. The third-order valence-electron chi connectivity index (χ3n) is 3.48. The van der Waals surface area contributed by atoms with Gasteiger partial charge in [-0.25, -0.2) is 0 Å². The second-order valence-corrected chi connectivity index (χ2v) is 6.66. The summed E-state index contributed by atoms with van der Waals surface area (Å²) >= 11 is 5.56. The average Bonchev–Trinajstić information content (AvgIpc) is 2.27. The monoisotopic (exact) mass is 289 g/mol.